The summed E-state index contributed by atoms with van der Waals surface area (Å²) in [7, 11) is 0. The van der Waals surface area contributed by atoms with Gasteiger partial charge in [0.15, 0.2) is 0 Å². The van der Waals surface area contributed by atoms with Gasteiger partial charge in [0.2, 0.25) is 0 Å². The van der Waals surface area contributed by atoms with Crippen LogP contribution in [0, 0.1) is 0 Å². The average molecular weight is 777 g/mol. The highest BCUT2D eigenvalue weighted by Gasteiger charge is 2.04. The smallest absolute Gasteiger partial charge is 0.119 e. The van der Waals surface area contributed by atoms with Crippen molar-refractivity contribution in [2.75, 3.05) is 132 Å². The van der Waals surface area contributed by atoms with Crippen molar-refractivity contribution in [3.8, 4) is 45.3 Å². The predicted octanol–water partition coefficient (Wildman–Crippen LogP) is 6.38. The molecule has 0 saturated heterocycles. The zero-order valence-electron chi connectivity index (χ0n) is 32.3. The molecule has 10 heterocycles. The molecule has 0 saturated carbocycles. The van der Waals surface area contributed by atoms with Crippen molar-refractivity contribution in [1.29, 1.82) is 0 Å². The van der Waals surface area contributed by atoms with Crippen LogP contribution in [0.1, 0.15) is 0 Å². The molecule has 14 rings (SSSR count). The Balaban J connectivity index is 0.973. The van der Waals surface area contributed by atoms with Crippen LogP contribution in [0.3, 0.4) is 0 Å². The van der Waals surface area contributed by atoms with E-state index in [1.54, 1.807) is 0 Å². The highest BCUT2D eigenvalue weighted by atomic mass is 16.6. The van der Waals surface area contributed by atoms with E-state index in [4.69, 9.17) is 56.8 Å². The lowest BCUT2D eigenvalue weighted by atomic mass is 10.1. The third-order valence-corrected chi connectivity index (χ3v) is 8.30. The van der Waals surface area contributed by atoms with Crippen LogP contribution in [-0.2, 0) is 37.9 Å². The maximum atomic E-state index is 5.82. The summed E-state index contributed by atoms with van der Waals surface area (Å²) in [4.78, 5) is 0. The third-order valence-electron chi connectivity index (χ3n) is 8.30. The lowest BCUT2D eigenvalue weighted by molar-refractivity contribution is -0.00699. The fourth-order valence-corrected chi connectivity index (χ4v) is 5.37. The van der Waals surface area contributed by atoms with Crippen LogP contribution in [-0.4, -0.2) is 132 Å². The van der Waals surface area contributed by atoms with Crippen molar-refractivity contribution in [2.45, 2.75) is 0 Å². The lowest BCUT2D eigenvalue weighted by Gasteiger charge is -2.11. The highest BCUT2D eigenvalue weighted by Crippen LogP contribution is 2.26. The van der Waals surface area contributed by atoms with E-state index in [1.807, 2.05) is 97.1 Å². The molecule has 4 aromatic rings. The highest BCUT2D eigenvalue weighted by molar-refractivity contribution is 5.65. The molecule has 4 aromatic carbocycles. The van der Waals surface area contributed by atoms with Crippen LogP contribution >= 0.6 is 0 Å². The normalized spacial score (nSPS) is 18.0. The molecule has 0 atom stereocenters. The number of rotatable bonds is 0. The Morgan fingerprint density at radius 1 is 0.179 bits per heavy atom. The summed E-state index contributed by atoms with van der Waals surface area (Å²) in [6.45, 7) is 9.66. The van der Waals surface area contributed by atoms with Crippen molar-refractivity contribution in [3.05, 3.63) is 97.1 Å². The van der Waals surface area contributed by atoms with E-state index in [0.717, 1.165) is 45.3 Å². The molecule has 0 aromatic heterocycles. The largest absolute Gasteiger partial charge is 0.491 e. The first-order valence-electron chi connectivity index (χ1n) is 19.4. The SMILES string of the molecule is c1cc2ccc1OCCOCCOCCOCCOCCOc1ccc(cc1)-c1ccc(cc1)OCCOCCOCCOCCOCCOc1ccc-2cc1. The molecule has 0 amide bonds. The monoisotopic (exact) mass is 776 g/mol. The molecule has 12 heteroatoms. The van der Waals surface area contributed by atoms with E-state index in [0.29, 0.717) is 132 Å². The molecular formula is C44H56O12. The first-order valence-corrected chi connectivity index (χ1v) is 19.4. The summed E-state index contributed by atoms with van der Waals surface area (Å²) >= 11 is 0. The Bertz CT molecular complexity index is 1310. The van der Waals surface area contributed by atoms with Gasteiger partial charge in [0.25, 0.3) is 0 Å². The summed E-state index contributed by atoms with van der Waals surface area (Å²) in [5.74, 6) is 3.17. The van der Waals surface area contributed by atoms with Gasteiger partial charge in [0.05, 0.1) is 106 Å². The molecule has 0 fully saturated rings. The van der Waals surface area contributed by atoms with Gasteiger partial charge in [-0.15, -0.1) is 0 Å². The van der Waals surface area contributed by atoms with Crippen LogP contribution < -0.4 is 18.9 Å². The molecule has 0 unspecified atom stereocenters. The maximum absolute atomic E-state index is 5.82. The first-order chi connectivity index (χ1) is 27.8. The van der Waals surface area contributed by atoms with Gasteiger partial charge in [0, 0.05) is 0 Å². The maximum Gasteiger partial charge on any atom is 0.119 e. The summed E-state index contributed by atoms with van der Waals surface area (Å²) in [5, 5.41) is 0. The standard InChI is InChI=1S/C44H56O12/c1-9-41-10-2-37(1)38-3-11-42(12-4-38)54-34-30-50-26-22-47-19-20-48-24-28-52-32-36-56-44-15-7-40(8-16-44)39-5-13-43(14-6-39)55-35-31-51-27-23-46-18-17-45-21-25-49-29-33-53-41/h1-16H,17-36H2. The minimum Gasteiger partial charge on any atom is -0.491 e. The Morgan fingerprint density at radius 3 is 0.482 bits per heavy atom. The van der Waals surface area contributed by atoms with Gasteiger partial charge in [-0.3, -0.25) is 0 Å². The molecule has 0 radical (unpaired) electrons. The number of hydrogen-bond acceptors (Lipinski definition) is 12. The summed E-state index contributed by atoms with van der Waals surface area (Å²) in [5.41, 5.74) is 4.37. The predicted molar refractivity (Wildman–Crippen MR) is 212 cm³/mol. The van der Waals surface area contributed by atoms with E-state index in [-0.39, 0.29) is 0 Å². The summed E-state index contributed by atoms with van der Waals surface area (Å²) in [6, 6.07) is 32.0. The van der Waals surface area contributed by atoms with Gasteiger partial charge < -0.3 is 56.8 Å². The van der Waals surface area contributed by atoms with Gasteiger partial charge in [-0.2, -0.15) is 0 Å². The average Bonchev–Trinajstić information content (AvgIpc) is 3.24. The minimum atomic E-state index is 0.457. The van der Waals surface area contributed by atoms with Crippen LogP contribution in [0.15, 0.2) is 97.1 Å². The molecular weight excluding hydrogens is 720 g/mol. The molecule has 10 aliphatic rings. The molecule has 56 heavy (non-hydrogen) atoms. The van der Waals surface area contributed by atoms with Crippen LogP contribution in [0.2, 0.25) is 0 Å². The Morgan fingerprint density at radius 2 is 0.321 bits per heavy atom. The van der Waals surface area contributed by atoms with Crippen molar-refractivity contribution in [1.82, 2.24) is 0 Å². The van der Waals surface area contributed by atoms with Crippen LogP contribution in [0.4, 0.5) is 0 Å². The quantitative estimate of drug-likeness (QED) is 0.198. The van der Waals surface area contributed by atoms with Crippen molar-refractivity contribution >= 4 is 0 Å². The lowest BCUT2D eigenvalue weighted by Crippen LogP contribution is -2.14. The van der Waals surface area contributed by atoms with Gasteiger partial charge in [0.1, 0.15) is 49.4 Å². The van der Waals surface area contributed by atoms with Gasteiger partial charge in [-0.05, 0) is 70.8 Å². The van der Waals surface area contributed by atoms with Gasteiger partial charge >= 0.3 is 0 Å². The molecule has 0 N–H and O–H groups in total. The molecule has 8 bridgehead atoms. The molecule has 10 aliphatic heterocycles. The fourth-order valence-electron chi connectivity index (χ4n) is 5.37. The second kappa shape index (κ2) is 27.4. The van der Waals surface area contributed by atoms with Gasteiger partial charge in [-0.25, -0.2) is 0 Å². The summed E-state index contributed by atoms with van der Waals surface area (Å²) in [6.07, 6.45) is 0. The third kappa shape index (κ3) is 17.7. The van der Waals surface area contributed by atoms with E-state index < -0.39 is 0 Å². The minimum absolute atomic E-state index is 0.457. The van der Waals surface area contributed by atoms with E-state index in [1.165, 1.54) is 0 Å². The molecule has 0 spiro atoms. The second-order valence-electron chi connectivity index (χ2n) is 12.4. The Kier molecular flexibility index (Phi) is 21.0. The Labute approximate surface area is 330 Å². The second-order valence-corrected chi connectivity index (χ2v) is 12.4. The first kappa shape index (κ1) is 42.9. The molecule has 0 aliphatic carbocycles. The summed E-state index contributed by atoms with van der Waals surface area (Å²) < 4.78 is 68.1. The van der Waals surface area contributed by atoms with Gasteiger partial charge in [-0.1, -0.05) is 48.5 Å². The number of benzene rings is 4. The van der Waals surface area contributed by atoms with Crippen LogP contribution in [0.25, 0.3) is 22.3 Å². The topological polar surface area (TPSA) is 111 Å². The zero-order valence-corrected chi connectivity index (χ0v) is 32.3. The van der Waals surface area contributed by atoms with Crippen molar-refractivity contribution < 1.29 is 56.8 Å². The van der Waals surface area contributed by atoms with Crippen molar-refractivity contribution in [3.63, 3.8) is 0 Å². The number of ether oxygens (including phenoxy) is 12. The Hall–Kier alpha value is -4.24. The number of hydrogen-bond donors (Lipinski definition) is 0. The molecule has 304 valence electrons. The van der Waals surface area contributed by atoms with E-state index in [2.05, 4.69) is 0 Å². The zero-order chi connectivity index (χ0) is 38.6. The molecule has 12 nitrogen and oxygen atoms in total. The van der Waals surface area contributed by atoms with Crippen LogP contribution in [0.5, 0.6) is 23.0 Å². The van der Waals surface area contributed by atoms with E-state index >= 15 is 0 Å². The van der Waals surface area contributed by atoms with E-state index in [9.17, 15) is 0 Å². The fraction of sp³-hybridized carbons (Fsp3) is 0.455. The van der Waals surface area contributed by atoms with Crippen molar-refractivity contribution in [2.24, 2.45) is 0 Å².